The molecule has 9 heteroatoms. The van der Waals surface area contributed by atoms with E-state index in [9.17, 15) is 17.8 Å². The van der Waals surface area contributed by atoms with E-state index in [2.05, 4.69) is 17.3 Å². The van der Waals surface area contributed by atoms with Gasteiger partial charge in [0.05, 0.1) is 5.69 Å². The molecule has 2 aromatic carbocycles. The zero-order valence-electron chi connectivity index (χ0n) is 25.2. The second kappa shape index (κ2) is 18.6. The molecular formula is C33H49N3O5S. The highest BCUT2D eigenvalue weighted by atomic mass is 32.2. The van der Waals surface area contributed by atoms with Crippen LogP contribution in [0, 0.1) is 0 Å². The molecule has 232 valence electrons. The Balaban J connectivity index is 1.31. The molecule has 1 aliphatic rings. The highest BCUT2D eigenvalue weighted by molar-refractivity contribution is 7.86. The van der Waals surface area contributed by atoms with E-state index in [0.717, 1.165) is 12.8 Å². The van der Waals surface area contributed by atoms with E-state index >= 15 is 0 Å². The summed E-state index contributed by atoms with van der Waals surface area (Å²) in [5.74, 6) is 0.535. The van der Waals surface area contributed by atoms with E-state index in [1.807, 2.05) is 6.07 Å². The Morgan fingerprint density at radius 3 is 1.90 bits per heavy atom. The standard InChI is InChI=1S/C33H49N3O5S/c1-2-3-4-5-6-7-8-9-10-11-12-13-14-15-16-20-25-34-33-30(37)27-36(35-33)28-23-24-31(32(26-28)42(38,39)40)41-29-21-18-17-19-22-29/h17-19,21-24,26H,2-16,20,25,27H2,1H3,(H,34,35)(H,38,39,40). The Bertz CT molecular complexity index is 1220. The number of anilines is 1. The van der Waals surface area contributed by atoms with Crippen LogP contribution in [0.5, 0.6) is 11.5 Å². The monoisotopic (exact) mass is 599 g/mol. The molecular weight excluding hydrogens is 550 g/mol. The summed E-state index contributed by atoms with van der Waals surface area (Å²) in [7, 11) is -4.57. The molecule has 0 aromatic heterocycles. The molecule has 1 aliphatic heterocycles. The van der Waals surface area contributed by atoms with Gasteiger partial charge in [0.1, 0.15) is 22.9 Å². The Morgan fingerprint density at radius 2 is 1.36 bits per heavy atom. The number of para-hydroxylation sites is 1. The number of ether oxygens (including phenoxy) is 1. The summed E-state index contributed by atoms with van der Waals surface area (Å²) in [5, 5.41) is 8.92. The van der Waals surface area contributed by atoms with E-state index < -0.39 is 10.1 Å². The molecule has 42 heavy (non-hydrogen) atoms. The summed E-state index contributed by atoms with van der Waals surface area (Å²) in [6, 6.07) is 13.0. The number of ketones is 1. The lowest BCUT2D eigenvalue weighted by Crippen LogP contribution is -2.30. The number of hydrogen-bond acceptors (Lipinski definition) is 7. The van der Waals surface area contributed by atoms with E-state index in [4.69, 9.17) is 4.74 Å². The van der Waals surface area contributed by atoms with Crippen LogP contribution < -0.4 is 15.1 Å². The van der Waals surface area contributed by atoms with Gasteiger partial charge in [-0.05, 0) is 36.8 Å². The molecule has 0 bridgehead atoms. The molecule has 2 aromatic rings. The minimum absolute atomic E-state index is 0.00883. The quantitative estimate of drug-likeness (QED) is 0.110. The minimum atomic E-state index is -4.57. The lowest BCUT2D eigenvalue weighted by Gasteiger charge is -2.15. The molecule has 0 radical (unpaired) electrons. The predicted octanol–water partition coefficient (Wildman–Crippen LogP) is 8.28. The fourth-order valence-electron chi connectivity index (χ4n) is 5.14. The number of carbonyl (C=O) groups excluding carboxylic acids is 1. The molecule has 0 fully saturated rings. The number of nitrogens with one attached hydrogen (secondary N) is 1. The van der Waals surface area contributed by atoms with Crippen LogP contribution in [-0.2, 0) is 14.9 Å². The maximum Gasteiger partial charge on any atom is 0.298 e. The zero-order chi connectivity index (χ0) is 30.0. The van der Waals surface area contributed by atoms with Crippen molar-refractivity contribution >= 4 is 27.4 Å². The van der Waals surface area contributed by atoms with Crippen LogP contribution in [-0.4, -0.2) is 37.7 Å². The summed E-state index contributed by atoms with van der Waals surface area (Å²) < 4.78 is 39.6. The number of nitrogens with zero attached hydrogens (tertiary/aromatic N) is 2. The number of rotatable bonds is 21. The maximum atomic E-state index is 12.5. The number of benzene rings is 2. The van der Waals surface area contributed by atoms with E-state index in [1.165, 1.54) is 107 Å². The highest BCUT2D eigenvalue weighted by Gasteiger charge is 2.27. The molecule has 0 amide bonds. The van der Waals surface area contributed by atoms with E-state index in [1.54, 1.807) is 30.3 Å². The van der Waals surface area contributed by atoms with Gasteiger partial charge in [-0.3, -0.25) is 14.4 Å². The van der Waals surface area contributed by atoms with Crippen LogP contribution in [0.2, 0.25) is 0 Å². The summed E-state index contributed by atoms with van der Waals surface area (Å²) in [5.41, 5.74) is 0.371. The van der Waals surface area contributed by atoms with Gasteiger partial charge in [-0.1, -0.05) is 121 Å². The van der Waals surface area contributed by atoms with Gasteiger partial charge < -0.3 is 10.1 Å². The normalized spacial score (nSPS) is 13.4. The Morgan fingerprint density at radius 1 is 0.810 bits per heavy atom. The first-order chi connectivity index (χ1) is 20.4. The first-order valence-electron chi connectivity index (χ1n) is 15.9. The number of amidine groups is 1. The molecule has 0 unspecified atom stereocenters. The summed E-state index contributed by atoms with van der Waals surface area (Å²) in [4.78, 5) is 12.1. The molecule has 0 saturated carbocycles. The van der Waals surface area contributed by atoms with Crippen molar-refractivity contribution in [3.05, 3.63) is 48.5 Å². The molecule has 0 spiro atoms. The lowest BCUT2D eigenvalue weighted by atomic mass is 10.0. The van der Waals surface area contributed by atoms with Gasteiger partial charge in [0.25, 0.3) is 10.1 Å². The van der Waals surface area contributed by atoms with Crippen LogP contribution in [0.15, 0.2) is 58.5 Å². The smallest absolute Gasteiger partial charge is 0.298 e. The van der Waals surface area contributed by atoms with Crippen molar-refractivity contribution in [1.82, 2.24) is 5.32 Å². The number of carbonyl (C=O) groups is 1. The van der Waals surface area contributed by atoms with Gasteiger partial charge >= 0.3 is 0 Å². The number of hydrazone groups is 1. The second-order valence-electron chi connectivity index (χ2n) is 11.2. The fourth-order valence-corrected chi connectivity index (χ4v) is 5.78. The Kier molecular flexibility index (Phi) is 14.9. The van der Waals surface area contributed by atoms with Crippen molar-refractivity contribution in [2.75, 3.05) is 18.1 Å². The predicted molar refractivity (Wildman–Crippen MR) is 170 cm³/mol. The van der Waals surface area contributed by atoms with Crippen LogP contribution >= 0.6 is 0 Å². The molecule has 0 saturated heterocycles. The van der Waals surface area contributed by atoms with Crippen LogP contribution in [0.3, 0.4) is 0 Å². The van der Waals surface area contributed by atoms with Gasteiger partial charge in [-0.25, -0.2) is 0 Å². The average molecular weight is 600 g/mol. The third-order valence-electron chi connectivity index (χ3n) is 7.58. The van der Waals surface area contributed by atoms with Gasteiger partial charge in [-0.2, -0.15) is 13.5 Å². The zero-order valence-corrected chi connectivity index (χ0v) is 26.0. The SMILES string of the molecule is CCCCCCCCCCCCCCCCCCNC1=NN(c2ccc(Oc3ccccc3)c(S(=O)(=O)O)c2)CC1=O. The van der Waals surface area contributed by atoms with Crippen molar-refractivity contribution in [2.45, 2.75) is 115 Å². The summed E-state index contributed by atoms with van der Waals surface area (Å²) >= 11 is 0. The van der Waals surface area contributed by atoms with Gasteiger partial charge in [0, 0.05) is 6.54 Å². The summed E-state index contributed by atoms with van der Waals surface area (Å²) in [6.45, 7) is 2.92. The van der Waals surface area contributed by atoms with E-state index in [0.29, 0.717) is 18.0 Å². The molecule has 3 rings (SSSR count). The van der Waals surface area contributed by atoms with Gasteiger partial charge in [-0.15, -0.1) is 0 Å². The topological polar surface area (TPSA) is 108 Å². The highest BCUT2D eigenvalue weighted by Crippen LogP contribution is 2.33. The van der Waals surface area contributed by atoms with Crippen molar-refractivity contribution < 1.29 is 22.5 Å². The van der Waals surface area contributed by atoms with Crippen LogP contribution in [0.25, 0.3) is 0 Å². The Labute approximate surface area is 252 Å². The van der Waals surface area contributed by atoms with Crippen molar-refractivity contribution in [3.8, 4) is 11.5 Å². The molecule has 0 atom stereocenters. The number of Topliss-reactive ketones (excluding diaryl/α,β-unsaturated/α-hetero) is 1. The van der Waals surface area contributed by atoms with Crippen LogP contribution in [0.1, 0.15) is 110 Å². The fraction of sp³-hybridized carbons (Fsp3) is 0.576. The summed E-state index contributed by atoms with van der Waals surface area (Å²) in [6.07, 6.45) is 21.0. The molecule has 8 nitrogen and oxygen atoms in total. The van der Waals surface area contributed by atoms with Gasteiger partial charge in [0.2, 0.25) is 5.78 Å². The third-order valence-corrected chi connectivity index (χ3v) is 8.45. The van der Waals surface area contributed by atoms with Crippen LogP contribution in [0.4, 0.5) is 5.69 Å². The molecule has 2 N–H and O–H groups in total. The van der Waals surface area contributed by atoms with Crippen molar-refractivity contribution in [3.63, 3.8) is 0 Å². The van der Waals surface area contributed by atoms with Gasteiger partial charge in [0.15, 0.2) is 5.84 Å². The molecule has 1 heterocycles. The van der Waals surface area contributed by atoms with E-state index in [-0.39, 0.29) is 28.8 Å². The van der Waals surface area contributed by atoms with Crippen molar-refractivity contribution in [2.24, 2.45) is 5.10 Å². The number of hydrogen-bond donors (Lipinski definition) is 2. The Hall–Kier alpha value is -2.91. The number of unbranched alkanes of at least 4 members (excludes halogenated alkanes) is 15. The average Bonchev–Trinajstić information content (AvgIpc) is 3.35. The molecule has 0 aliphatic carbocycles. The second-order valence-corrected chi connectivity index (χ2v) is 12.6. The maximum absolute atomic E-state index is 12.5. The largest absolute Gasteiger partial charge is 0.456 e. The lowest BCUT2D eigenvalue weighted by molar-refractivity contribution is -0.111. The first kappa shape index (κ1) is 33.6. The van der Waals surface area contributed by atoms with Crippen molar-refractivity contribution in [1.29, 1.82) is 0 Å². The minimum Gasteiger partial charge on any atom is -0.456 e. The first-order valence-corrected chi connectivity index (χ1v) is 17.3. The third kappa shape index (κ3) is 12.1.